The van der Waals surface area contributed by atoms with Crippen LogP contribution in [0.25, 0.3) is 0 Å². The van der Waals surface area contributed by atoms with Crippen LogP contribution in [0.15, 0.2) is 24.3 Å². The Morgan fingerprint density at radius 3 is 2.32 bits per heavy atom. The largest absolute Gasteiger partial charge is 0.352 e. The van der Waals surface area contributed by atoms with E-state index in [1.54, 1.807) is 0 Å². The zero-order valence-corrected chi connectivity index (χ0v) is 19.1. The van der Waals surface area contributed by atoms with Crippen LogP contribution in [0, 0.1) is 5.92 Å². The quantitative estimate of drug-likeness (QED) is 0.695. The van der Waals surface area contributed by atoms with Crippen molar-refractivity contribution in [2.75, 3.05) is 45.8 Å². The normalized spacial score (nSPS) is 20.2. The summed E-state index contributed by atoms with van der Waals surface area (Å²) < 4.78 is 0. The summed E-state index contributed by atoms with van der Waals surface area (Å²) in [5.41, 5.74) is 2.59. The van der Waals surface area contributed by atoms with Gasteiger partial charge in [-0.3, -0.25) is 9.69 Å². The van der Waals surface area contributed by atoms with Gasteiger partial charge in [0.25, 0.3) is 0 Å². The first kappa shape index (κ1) is 27.4. The Bertz CT molecular complexity index is 562. The van der Waals surface area contributed by atoms with Gasteiger partial charge < -0.3 is 15.5 Å². The number of halogens is 3. The second kappa shape index (κ2) is 14.4. The number of hydrogen-bond acceptors (Lipinski definition) is 4. The molecule has 3 rings (SSSR count). The lowest BCUT2D eigenvalue weighted by Crippen LogP contribution is -2.45. The van der Waals surface area contributed by atoms with E-state index in [0.717, 1.165) is 65.2 Å². The Morgan fingerprint density at radius 2 is 1.71 bits per heavy atom. The molecule has 1 atom stereocenters. The summed E-state index contributed by atoms with van der Waals surface area (Å²) in [6.07, 6.45) is 2.10. The van der Waals surface area contributed by atoms with E-state index in [1.807, 2.05) is 0 Å². The highest BCUT2D eigenvalue weighted by Gasteiger charge is 2.21. The van der Waals surface area contributed by atoms with Crippen LogP contribution in [0.5, 0.6) is 0 Å². The second-order valence-electron chi connectivity index (χ2n) is 7.24. The first-order valence-corrected chi connectivity index (χ1v) is 9.76. The molecule has 0 saturated carbocycles. The van der Waals surface area contributed by atoms with Crippen LogP contribution in [-0.4, -0.2) is 61.5 Å². The number of rotatable bonds is 6. The molecule has 2 aliphatic rings. The van der Waals surface area contributed by atoms with Crippen LogP contribution in [0.4, 0.5) is 0 Å². The molecule has 0 radical (unpaired) electrons. The first-order valence-electron chi connectivity index (χ1n) is 9.76. The van der Waals surface area contributed by atoms with Crippen LogP contribution in [0.2, 0.25) is 0 Å². The molecule has 0 bridgehead atoms. The summed E-state index contributed by atoms with van der Waals surface area (Å²) in [5, 5.41) is 6.47. The number of carbonyl (C=O) groups excluding carboxylic acids is 1. The number of benzene rings is 1. The average Bonchev–Trinajstić information content (AvgIpc) is 2.68. The Hall–Kier alpha value is -0.560. The fourth-order valence-electron chi connectivity index (χ4n) is 3.79. The lowest BCUT2D eigenvalue weighted by Gasteiger charge is -2.34. The molecule has 0 spiro atoms. The van der Waals surface area contributed by atoms with Crippen molar-refractivity contribution in [3.05, 3.63) is 35.4 Å². The summed E-state index contributed by atoms with van der Waals surface area (Å²) in [6.45, 7) is 11.4. The highest BCUT2D eigenvalue weighted by atomic mass is 35.5. The second-order valence-corrected chi connectivity index (χ2v) is 7.24. The van der Waals surface area contributed by atoms with E-state index >= 15 is 0 Å². The molecule has 0 aliphatic carbocycles. The Labute approximate surface area is 188 Å². The van der Waals surface area contributed by atoms with Gasteiger partial charge >= 0.3 is 0 Å². The summed E-state index contributed by atoms with van der Waals surface area (Å²) in [6, 6.07) is 8.53. The van der Waals surface area contributed by atoms with Crippen molar-refractivity contribution < 1.29 is 4.79 Å². The number of nitrogens with one attached hydrogen (secondary N) is 2. The third-order valence-corrected chi connectivity index (χ3v) is 5.55. The van der Waals surface area contributed by atoms with Gasteiger partial charge in [0.2, 0.25) is 5.91 Å². The summed E-state index contributed by atoms with van der Waals surface area (Å²) in [4.78, 5) is 17.4. The van der Waals surface area contributed by atoms with Crippen LogP contribution >= 0.6 is 37.2 Å². The van der Waals surface area contributed by atoms with Gasteiger partial charge in [-0.15, -0.1) is 37.2 Å². The summed E-state index contributed by atoms with van der Waals surface area (Å²) >= 11 is 0. The molecule has 2 fully saturated rings. The van der Waals surface area contributed by atoms with Crippen molar-refractivity contribution in [1.82, 2.24) is 20.4 Å². The lowest BCUT2D eigenvalue weighted by molar-refractivity contribution is -0.125. The Morgan fingerprint density at radius 1 is 1.07 bits per heavy atom. The van der Waals surface area contributed by atoms with Crippen LogP contribution in [0.3, 0.4) is 0 Å². The number of carbonyl (C=O) groups is 1. The van der Waals surface area contributed by atoms with Crippen LogP contribution in [-0.2, 0) is 17.9 Å². The molecule has 1 amide bonds. The minimum Gasteiger partial charge on any atom is -0.352 e. The molecule has 2 aliphatic heterocycles. The maximum absolute atomic E-state index is 12.4. The fraction of sp³-hybridized carbons (Fsp3) is 0.650. The minimum absolute atomic E-state index is 0. The van der Waals surface area contributed by atoms with E-state index in [4.69, 9.17) is 0 Å². The van der Waals surface area contributed by atoms with Crippen molar-refractivity contribution in [3.8, 4) is 0 Å². The SMILES string of the molecule is CCN1CCN(Cc2ccccc2CNC(=O)C2CCCNC2)CC1.Cl.Cl.Cl. The number of likely N-dealkylation sites (N-methyl/N-ethyl adjacent to an activating group) is 1. The number of hydrogen-bond donors (Lipinski definition) is 2. The van der Waals surface area contributed by atoms with Gasteiger partial charge in [-0.25, -0.2) is 0 Å². The highest BCUT2D eigenvalue weighted by Crippen LogP contribution is 2.15. The molecule has 28 heavy (non-hydrogen) atoms. The molecule has 162 valence electrons. The molecular formula is C20H35Cl3N4O. The number of piperidine rings is 1. The van der Waals surface area contributed by atoms with E-state index < -0.39 is 0 Å². The molecular weight excluding hydrogens is 419 g/mol. The fourth-order valence-corrected chi connectivity index (χ4v) is 3.79. The Kier molecular flexibility index (Phi) is 14.1. The van der Waals surface area contributed by atoms with Crippen LogP contribution in [0.1, 0.15) is 30.9 Å². The van der Waals surface area contributed by atoms with Gasteiger partial charge in [-0.05, 0) is 37.1 Å². The van der Waals surface area contributed by atoms with Crippen molar-refractivity contribution in [1.29, 1.82) is 0 Å². The van der Waals surface area contributed by atoms with E-state index in [0.29, 0.717) is 6.54 Å². The third kappa shape index (κ3) is 8.05. The zero-order chi connectivity index (χ0) is 17.5. The predicted octanol–water partition coefficient (Wildman–Crippen LogP) is 2.71. The van der Waals surface area contributed by atoms with Gasteiger partial charge in [-0.2, -0.15) is 0 Å². The maximum Gasteiger partial charge on any atom is 0.224 e. The van der Waals surface area contributed by atoms with Crippen molar-refractivity contribution in [3.63, 3.8) is 0 Å². The number of piperazine rings is 1. The molecule has 2 heterocycles. The van der Waals surface area contributed by atoms with E-state index in [2.05, 4.69) is 51.6 Å². The van der Waals surface area contributed by atoms with E-state index in [1.165, 1.54) is 11.1 Å². The zero-order valence-electron chi connectivity index (χ0n) is 16.7. The molecule has 2 N–H and O–H groups in total. The van der Waals surface area contributed by atoms with Gasteiger partial charge in [0.1, 0.15) is 0 Å². The third-order valence-electron chi connectivity index (χ3n) is 5.55. The molecule has 0 aromatic heterocycles. The van der Waals surface area contributed by atoms with Gasteiger partial charge in [0.15, 0.2) is 0 Å². The van der Waals surface area contributed by atoms with Crippen LogP contribution < -0.4 is 10.6 Å². The summed E-state index contributed by atoms with van der Waals surface area (Å²) in [7, 11) is 0. The first-order chi connectivity index (χ1) is 12.3. The summed E-state index contributed by atoms with van der Waals surface area (Å²) in [5.74, 6) is 0.321. The smallest absolute Gasteiger partial charge is 0.224 e. The van der Waals surface area contributed by atoms with Gasteiger partial charge in [0.05, 0.1) is 5.92 Å². The topological polar surface area (TPSA) is 47.6 Å². The van der Waals surface area contributed by atoms with Crippen molar-refractivity contribution >= 4 is 43.1 Å². The highest BCUT2D eigenvalue weighted by molar-refractivity contribution is 5.86. The van der Waals surface area contributed by atoms with Crippen molar-refractivity contribution in [2.24, 2.45) is 5.92 Å². The molecule has 5 nitrogen and oxygen atoms in total. The maximum atomic E-state index is 12.4. The van der Waals surface area contributed by atoms with E-state index in [9.17, 15) is 4.79 Å². The number of nitrogens with zero attached hydrogens (tertiary/aromatic N) is 2. The molecule has 8 heteroatoms. The van der Waals surface area contributed by atoms with Gasteiger partial charge in [-0.1, -0.05) is 31.2 Å². The van der Waals surface area contributed by atoms with Gasteiger partial charge in [0, 0.05) is 45.8 Å². The average molecular weight is 454 g/mol. The molecule has 2 saturated heterocycles. The number of amides is 1. The molecule has 1 aromatic carbocycles. The van der Waals surface area contributed by atoms with Crippen molar-refractivity contribution in [2.45, 2.75) is 32.9 Å². The minimum atomic E-state index is 0. The van der Waals surface area contributed by atoms with E-state index in [-0.39, 0.29) is 49.0 Å². The predicted molar refractivity (Wildman–Crippen MR) is 123 cm³/mol. The molecule has 1 aromatic rings. The standard InChI is InChI=1S/C20H32N4O.3ClH/c1-2-23-10-12-24(13-11-23)16-19-7-4-3-6-17(19)15-22-20(25)18-8-5-9-21-14-18;;;/h3-4,6-7,18,21H,2,5,8-16H2,1H3,(H,22,25);3*1H. The monoisotopic (exact) mass is 452 g/mol. The molecule has 1 unspecified atom stereocenters. The lowest BCUT2D eigenvalue weighted by atomic mass is 9.98. The Balaban J connectivity index is 0.00000243.